The quantitative estimate of drug-likeness (QED) is 0.785. The molecule has 0 aliphatic carbocycles. The van der Waals surface area contributed by atoms with E-state index in [-0.39, 0.29) is 5.82 Å². The van der Waals surface area contributed by atoms with Gasteiger partial charge < -0.3 is 15.4 Å². The maximum Gasteiger partial charge on any atom is 0.146 e. The Morgan fingerprint density at radius 3 is 2.46 bits per heavy atom. The van der Waals surface area contributed by atoms with Gasteiger partial charge in [0.2, 0.25) is 0 Å². The first-order chi connectivity index (χ1) is 13.3. The number of nitrogens with zero attached hydrogens (tertiary/aromatic N) is 2. The molecule has 1 unspecified atom stereocenters. The standard InChI is InChI=1S/C21H32FN3O2S/c1-16(2)14-18-4-5-20(19(22)15-18)24-8-10-25(11-9-24)28(26)21(17(3)23)6-12-27-13-7-21/h4-5,15-16H,3,6-14,23H2,1-2H3. The van der Waals surface area contributed by atoms with Gasteiger partial charge in [0.15, 0.2) is 0 Å². The van der Waals surface area contributed by atoms with Crippen molar-refractivity contribution in [1.82, 2.24) is 4.31 Å². The minimum Gasteiger partial charge on any atom is -0.401 e. The normalized spacial score (nSPS) is 21.6. The average molecular weight is 410 g/mol. The summed E-state index contributed by atoms with van der Waals surface area (Å²) in [4.78, 5) is 2.04. The number of benzene rings is 1. The largest absolute Gasteiger partial charge is 0.401 e. The number of nitrogens with two attached hydrogens (primary N) is 1. The molecule has 156 valence electrons. The van der Waals surface area contributed by atoms with Crippen LogP contribution in [0.1, 0.15) is 32.3 Å². The fourth-order valence-corrected chi connectivity index (χ4v) is 5.79. The van der Waals surface area contributed by atoms with Gasteiger partial charge in [-0.25, -0.2) is 12.9 Å². The molecule has 1 aromatic carbocycles. The summed E-state index contributed by atoms with van der Waals surface area (Å²) in [5.41, 5.74) is 8.20. The fraction of sp³-hybridized carbons (Fsp3) is 0.619. The highest BCUT2D eigenvalue weighted by atomic mass is 32.2. The Morgan fingerprint density at radius 1 is 1.29 bits per heavy atom. The van der Waals surface area contributed by atoms with Gasteiger partial charge in [-0.05, 0) is 42.9 Å². The van der Waals surface area contributed by atoms with E-state index in [0.717, 1.165) is 12.0 Å². The Labute approximate surface area is 170 Å². The predicted octanol–water partition coefficient (Wildman–Crippen LogP) is 2.83. The first-order valence-corrected chi connectivity index (χ1v) is 11.2. The molecule has 2 N–H and O–H groups in total. The molecule has 2 saturated heterocycles. The molecule has 1 aromatic rings. The lowest BCUT2D eigenvalue weighted by Gasteiger charge is -2.43. The number of hydrogen-bond donors (Lipinski definition) is 1. The number of halogens is 1. The van der Waals surface area contributed by atoms with Crippen LogP contribution in [0.15, 0.2) is 30.5 Å². The second-order valence-electron chi connectivity index (χ2n) is 8.18. The molecule has 5 nitrogen and oxygen atoms in total. The summed E-state index contributed by atoms with van der Waals surface area (Å²) in [6.07, 6.45) is 2.13. The van der Waals surface area contributed by atoms with Crippen LogP contribution in [0.5, 0.6) is 0 Å². The van der Waals surface area contributed by atoms with Crippen molar-refractivity contribution in [2.75, 3.05) is 44.3 Å². The molecule has 3 rings (SSSR count). The van der Waals surface area contributed by atoms with Gasteiger partial charge in [0, 0.05) is 45.1 Å². The van der Waals surface area contributed by atoms with E-state index in [1.807, 2.05) is 21.3 Å². The number of piperazine rings is 1. The molecule has 1 atom stereocenters. The molecular formula is C21H32FN3O2S. The Bertz CT molecular complexity index is 726. The molecule has 0 radical (unpaired) electrons. The van der Waals surface area contributed by atoms with Crippen LogP contribution < -0.4 is 10.6 Å². The van der Waals surface area contributed by atoms with Gasteiger partial charge in [-0.15, -0.1) is 0 Å². The van der Waals surface area contributed by atoms with E-state index in [2.05, 4.69) is 20.4 Å². The molecule has 2 aliphatic rings. The molecule has 0 spiro atoms. The van der Waals surface area contributed by atoms with Gasteiger partial charge in [0.1, 0.15) is 21.5 Å². The van der Waals surface area contributed by atoms with E-state index in [1.54, 1.807) is 6.07 Å². The molecular weight excluding hydrogens is 377 g/mol. The van der Waals surface area contributed by atoms with Crippen molar-refractivity contribution in [3.8, 4) is 0 Å². The third kappa shape index (κ3) is 4.42. The SMILES string of the molecule is C=C(N)C1(S(=O)N2CCN(c3ccc(CC(C)C)cc3F)CC2)CCOCC1. The Kier molecular flexibility index (Phi) is 6.78. The van der Waals surface area contributed by atoms with Crippen LogP contribution in [0.4, 0.5) is 10.1 Å². The Morgan fingerprint density at radius 2 is 1.93 bits per heavy atom. The summed E-state index contributed by atoms with van der Waals surface area (Å²) in [6.45, 7) is 11.8. The second kappa shape index (κ2) is 8.93. The highest BCUT2D eigenvalue weighted by Gasteiger charge is 2.44. The van der Waals surface area contributed by atoms with Crippen molar-refractivity contribution >= 4 is 16.7 Å². The first-order valence-electron chi connectivity index (χ1n) is 10.1. The van der Waals surface area contributed by atoms with Crippen LogP contribution in [0, 0.1) is 11.7 Å². The average Bonchev–Trinajstić information content (AvgIpc) is 2.67. The highest BCUT2D eigenvalue weighted by Crippen LogP contribution is 2.34. The van der Waals surface area contributed by atoms with Crippen molar-refractivity contribution in [2.24, 2.45) is 11.7 Å². The zero-order valence-corrected chi connectivity index (χ0v) is 17.8. The molecule has 0 amide bonds. The van der Waals surface area contributed by atoms with Crippen molar-refractivity contribution in [3.63, 3.8) is 0 Å². The maximum absolute atomic E-state index is 14.6. The third-order valence-electron chi connectivity index (χ3n) is 5.69. The van der Waals surface area contributed by atoms with Crippen LogP contribution in [0.3, 0.4) is 0 Å². The number of hydrogen-bond acceptors (Lipinski definition) is 4. The van der Waals surface area contributed by atoms with Crippen LogP contribution in [-0.4, -0.2) is 52.7 Å². The molecule has 7 heteroatoms. The van der Waals surface area contributed by atoms with Crippen LogP contribution in [-0.2, 0) is 22.1 Å². The summed E-state index contributed by atoms with van der Waals surface area (Å²) in [7, 11) is -1.26. The molecule has 28 heavy (non-hydrogen) atoms. The van der Waals surface area contributed by atoms with Crippen molar-refractivity contribution in [1.29, 1.82) is 0 Å². The van der Waals surface area contributed by atoms with Crippen molar-refractivity contribution in [2.45, 2.75) is 37.9 Å². The minimum absolute atomic E-state index is 0.177. The fourth-order valence-electron chi connectivity index (χ4n) is 4.06. The van der Waals surface area contributed by atoms with Gasteiger partial charge in [-0.1, -0.05) is 26.5 Å². The Hall–Kier alpha value is -1.44. The predicted molar refractivity (Wildman–Crippen MR) is 113 cm³/mol. The topological polar surface area (TPSA) is 58.8 Å². The van der Waals surface area contributed by atoms with Gasteiger partial charge >= 0.3 is 0 Å². The smallest absolute Gasteiger partial charge is 0.146 e. The number of rotatable bonds is 6. The lowest BCUT2D eigenvalue weighted by molar-refractivity contribution is 0.0822. The van der Waals surface area contributed by atoms with Crippen LogP contribution in [0.2, 0.25) is 0 Å². The van der Waals surface area contributed by atoms with E-state index in [9.17, 15) is 8.60 Å². The monoisotopic (exact) mass is 409 g/mol. The summed E-state index contributed by atoms with van der Waals surface area (Å²) < 4.78 is 34.8. The highest BCUT2D eigenvalue weighted by molar-refractivity contribution is 7.84. The number of ether oxygens (including phenoxy) is 1. The van der Waals surface area contributed by atoms with Crippen LogP contribution in [0.25, 0.3) is 0 Å². The molecule has 2 aliphatic heterocycles. The van der Waals surface area contributed by atoms with Crippen molar-refractivity contribution in [3.05, 3.63) is 41.9 Å². The summed E-state index contributed by atoms with van der Waals surface area (Å²) >= 11 is 0. The Balaban J connectivity index is 1.65. The maximum atomic E-state index is 14.6. The third-order valence-corrected chi connectivity index (χ3v) is 7.86. The molecule has 0 saturated carbocycles. The summed E-state index contributed by atoms with van der Waals surface area (Å²) in [6, 6.07) is 5.54. The lowest BCUT2D eigenvalue weighted by Crippen LogP contribution is -2.55. The van der Waals surface area contributed by atoms with Gasteiger partial charge in [-0.2, -0.15) is 0 Å². The molecule has 0 bridgehead atoms. The van der Waals surface area contributed by atoms with E-state index in [4.69, 9.17) is 10.5 Å². The summed E-state index contributed by atoms with van der Waals surface area (Å²) in [5.74, 6) is 0.322. The van der Waals surface area contributed by atoms with Crippen LogP contribution >= 0.6 is 0 Å². The minimum atomic E-state index is -1.26. The second-order valence-corrected chi connectivity index (χ2v) is 9.98. The molecule has 2 fully saturated rings. The lowest BCUT2D eigenvalue weighted by atomic mass is 9.96. The van der Waals surface area contributed by atoms with E-state index < -0.39 is 15.7 Å². The number of anilines is 1. The van der Waals surface area contributed by atoms with E-state index >= 15 is 0 Å². The van der Waals surface area contributed by atoms with Gasteiger partial charge in [-0.3, -0.25) is 0 Å². The van der Waals surface area contributed by atoms with Gasteiger partial charge in [0.25, 0.3) is 0 Å². The van der Waals surface area contributed by atoms with Gasteiger partial charge in [0.05, 0.1) is 5.69 Å². The summed E-state index contributed by atoms with van der Waals surface area (Å²) in [5, 5.41) is 0. The molecule has 2 heterocycles. The van der Waals surface area contributed by atoms with Crippen molar-refractivity contribution < 1.29 is 13.3 Å². The van der Waals surface area contributed by atoms with E-state index in [0.29, 0.717) is 69.5 Å². The molecule has 0 aromatic heterocycles. The zero-order valence-electron chi connectivity index (χ0n) is 17.0. The first kappa shape index (κ1) is 21.3. The zero-order chi connectivity index (χ0) is 20.3. The van der Waals surface area contributed by atoms with E-state index in [1.165, 1.54) is 0 Å².